The minimum Gasteiger partial charge on any atom is -0.501 e. The Kier molecular flexibility index (Phi) is 5.17. The Labute approximate surface area is 124 Å². The molecule has 1 nitrogen and oxygen atoms in total. The summed E-state index contributed by atoms with van der Waals surface area (Å²) in [5.41, 5.74) is 2.80. The maximum absolute atomic E-state index is 6.59. The van der Waals surface area contributed by atoms with Crippen molar-refractivity contribution in [1.29, 1.82) is 0 Å². The molecule has 1 aliphatic carbocycles. The number of methoxy groups -OCH3 is 1. The summed E-state index contributed by atoms with van der Waals surface area (Å²) in [6.07, 6.45) is 4.42. The van der Waals surface area contributed by atoms with Crippen LogP contribution < -0.4 is 0 Å². The fourth-order valence-electron chi connectivity index (χ4n) is 3.18. The molecule has 0 N–H and O–H groups in total. The van der Waals surface area contributed by atoms with Crippen LogP contribution in [0, 0.1) is 10.8 Å². The number of hydrogen-bond acceptors (Lipinski definition) is 1. The number of hydrogen-bond donors (Lipinski definition) is 0. The lowest BCUT2D eigenvalue weighted by Gasteiger charge is -2.36. The molecule has 1 rings (SSSR count). The first-order valence-electron chi connectivity index (χ1n) is 7.28. The molecule has 2 heteroatoms. The maximum Gasteiger partial charge on any atom is 0.100 e. The molecule has 110 valence electrons. The van der Waals surface area contributed by atoms with E-state index < -0.39 is 0 Å². The maximum atomic E-state index is 6.59. The molecule has 0 aromatic heterocycles. The predicted octanol–water partition coefficient (Wildman–Crippen LogP) is 6.05. The topological polar surface area (TPSA) is 9.23 Å². The Balaban J connectivity index is 2.97. The summed E-state index contributed by atoms with van der Waals surface area (Å²) in [6.45, 7) is 13.3. The van der Waals surface area contributed by atoms with Gasteiger partial charge >= 0.3 is 0 Å². The second kappa shape index (κ2) is 5.91. The molecule has 0 saturated heterocycles. The van der Waals surface area contributed by atoms with Crippen molar-refractivity contribution in [2.24, 2.45) is 10.8 Å². The van der Waals surface area contributed by atoms with Crippen molar-refractivity contribution < 1.29 is 4.74 Å². The van der Waals surface area contributed by atoms with Crippen LogP contribution in [-0.2, 0) is 4.74 Å². The smallest absolute Gasteiger partial charge is 0.100 e. The van der Waals surface area contributed by atoms with Gasteiger partial charge < -0.3 is 4.74 Å². The third kappa shape index (κ3) is 4.02. The van der Waals surface area contributed by atoms with E-state index in [1.165, 1.54) is 29.7 Å². The third-order valence-electron chi connectivity index (χ3n) is 4.02. The van der Waals surface area contributed by atoms with Crippen LogP contribution in [0.5, 0.6) is 0 Å². The standard InChI is InChI=1S/C17H29ClO/c1-8-12(2)14(18)16(3,4)11-17(5,6)15(19-7)13-9-10-13/h8-11H2,1-7H3/b14-12-. The van der Waals surface area contributed by atoms with E-state index in [9.17, 15) is 0 Å². The van der Waals surface area contributed by atoms with Gasteiger partial charge in [-0.3, -0.25) is 0 Å². The summed E-state index contributed by atoms with van der Waals surface area (Å²) >= 11 is 6.59. The van der Waals surface area contributed by atoms with Crippen molar-refractivity contribution >= 4 is 11.6 Å². The van der Waals surface area contributed by atoms with Crippen LogP contribution in [0.1, 0.15) is 67.2 Å². The number of halogens is 1. The van der Waals surface area contributed by atoms with Gasteiger partial charge in [-0.2, -0.15) is 0 Å². The monoisotopic (exact) mass is 284 g/mol. The molecule has 1 fully saturated rings. The molecular weight excluding hydrogens is 256 g/mol. The van der Waals surface area contributed by atoms with Crippen molar-refractivity contribution in [2.75, 3.05) is 7.11 Å². The van der Waals surface area contributed by atoms with Gasteiger partial charge in [0, 0.05) is 15.9 Å². The van der Waals surface area contributed by atoms with Gasteiger partial charge in [-0.15, -0.1) is 0 Å². The molecule has 0 spiro atoms. The van der Waals surface area contributed by atoms with Gasteiger partial charge in [-0.1, -0.05) is 51.8 Å². The Morgan fingerprint density at radius 2 is 1.68 bits per heavy atom. The zero-order chi connectivity index (χ0) is 14.8. The summed E-state index contributed by atoms with van der Waals surface area (Å²) in [5, 5.41) is 1.01. The lowest BCUT2D eigenvalue weighted by Crippen LogP contribution is -2.26. The quantitative estimate of drug-likeness (QED) is 0.540. The summed E-state index contributed by atoms with van der Waals surface area (Å²) in [4.78, 5) is 0. The largest absolute Gasteiger partial charge is 0.501 e. The molecular formula is C17H29ClO. The van der Waals surface area contributed by atoms with E-state index in [1.807, 2.05) is 0 Å². The van der Waals surface area contributed by atoms with Gasteiger partial charge in [0.1, 0.15) is 5.76 Å². The van der Waals surface area contributed by atoms with Crippen LogP contribution in [0.4, 0.5) is 0 Å². The van der Waals surface area contributed by atoms with E-state index in [1.54, 1.807) is 7.11 Å². The number of ether oxygens (including phenoxy) is 1. The highest BCUT2D eigenvalue weighted by Gasteiger charge is 2.38. The van der Waals surface area contributed by atoms with Crippen LogP contribution >= 0.6 is 11.6 Å². The minimum absolute atomic E-state index is 0.00954. The normalized spacial score (nSPS) is 17.2. The van der Waals surface area contributed by atoms with Gasteiger partial charge in [0.15, 0.2) is 0 Å². The zero-order valence-electron chi connectivity index (χ0n) is 13.6. The predicted molar refractivity (Wildman–Crippen MR) is 84.3 cm³/mol. The molecule has 0 aromatic rings. The lowest BCUT2D eigenvalue weighted by molar-refractivity contribution is 0.153. The van der Waals surface area contributed by atoms with E-state index in [0.717, 1.165) is 17.9 Å². The van der Waals surface area contributed by atoms with Crippen molar-refractivity contribution in [2.45, 2.75) is 67.2 Å². The molecule has 0 atom stereocenters. The Bertz CT molecular complexity index is 393. The first-order valence-corrected chi connectivity index (χ1v) is 7.65. The van der Waals surface area contributed by atoms with Crippen molar-refractivity contribution in [3.63, 3.8) is 0 Å². The molecule has 0 unspecified atom stereocenters. The molecule has 1 saturated carbocycles. The average molecular weight is 285 g/mol. The van der Waals surface area contributed by atoms with Gasteiger partial charge in [0.05, 0.1) is 7.11 Å². The minimum atomic E-state index is -0.00954. The van der Waals surface area contributed by atoms with E-state index in [2.05, 4.69) is 41.5 Å². The Morgan fingerprint density at radius 3 is 2.05 bits per heavy atom. The fourth-order valence-corrected chi connectivity index (χ4v) is 3.38. The first-order chi connectivity index (χ1) is 8.65. The van der Waals surface area contributed by atoms with E-state index >= 15 is 0 Å². The average Bonchev–Trinajstić information content (AvgIpc) is 3.10. The Hall–Kier alpha value is -0.430. The first kappa shape index (κ1) is 16.6. The summed E-state index contributed by atoms with van der Waals surface area (Å²) in [7, 11) is 1.80. The van der Waals surface area contributed by atoms with Gasteiger partial charge in [0.2, 0.25) is 0 Å². The summed E-state index contributed by atoms with van der Waals surface area (Å²) < 4.78 is 5.67. The van der Waals surface area contributed by atoms with Gasteiger partial charge in [-0.25, -0.2) is 0 Å². The van der Waals surface area contributed by atoms with Crippen LogP contribution in [-0.4, -0.2) is 7.11 Å². The highest BCUT2D eigenvalue weighted by Crippen LogP contribution is 2.49. The van der Waals surface area contributed by atoms with Crippen LogP contribution in [0.15, 0.2) is 21.9 Å². The highest BCUT2D eigenvalue weighted by atomic mass is 35.5. The van der Waals surface area contributed by atoms with E-state index in [4.69, 9.17) is 16.3 Å². The van der Waals surface area contributed by atoms with Crippen molar-refractivity contribution in [3.05, 3.63) is 21.9 Å². The van der Waals surface area contributed by atoms with Gasteiger partial charge in [-0.05, 0) is 38.2 Å². The SMILES string of the molecule is CC/C(C)=C(\Cl)C(C)(C)CC(C)(C)C(OC)=C1CC1. The van der Waals surface area contributed by atoms with Crippen LogP contribution in [0.2, 0.25) is 0 Å². The van der Waals surface area contributed by atoms with Crippen LogP contribution in [0.25, 0.3) is 0 Å². The Morgan fingerprint density at radius 1 is 1.16 bits per heavy atom. The lowest BCUT2D eigenvalue weighted by atomic mass is 9.72. The summed E-state index contributed by atoms with van der Waals surface area (Å²) in [6, 6.07) is 0. The molecule has 1 aliphatic rings. The fraction of sp³-hybridized carbons (Fsp3) is 0.765. The zero-order valence-corrected chi connectivity index (χ0v) is 14.4. The molecule has 0 aromatic carbocycles. The van der Waals surface area contributed by atoms with Crippen molar-refractivity contribution in [3.8, 4) is 0 Å². The van der Waals surface area contributed by atoms with Crippen molar-refractivity contribution in [1.82, 2.24) is 0 Å². The summed E-state index contributed by atoms with van der Waals surface area (Å²) in [5.74, 6) is 1.18. The molecule has 0 heterocycles. The second-order valence-electron chi connectivity index (χ2n) is 7.03. The molecule has 0 bridgehead atoms. The number of allylic oxidation sites excluding steroid dienone is 4. The van der Waals surface area contributed by atoms with Gasteiger partial charge in [0.25, 0.3) is 0 Å². The molecule has 0 amide bonds. The third-order valence-corrected chi connectivity index (χ3v) is 4.86. The second-order valence-corrected chi connectivity index (χ2v) is 7.41. The molecule has 0 radical (unpaired) electrons. The van der Waals surface area contributed by atoms with E-state index in [-0.39, 0.29) is 10.8 Å². The highest BCUT2D eigenvalue weighted by molar-refractivity contribution is 6.30. The molecule has 0 aliphatic heterocycles. The number of rotatable bonds is 6. The molecule has 19 heavy (non-hydrogen) atoms. The van der Waals surface area contributed by atoms with Crippen LogP contribution in [0.3, 0.4) is 0 Å². The van der Waals surface area contributed by atoms with E-state index in [0.29, 0.717) is 0 Å².